The zero-order valence-corrected chi connectivity index (χ0v) is 11.4. The highest BCUT2D eigenvalue weighted by Gasteiger charge is 2.59. The minimum absolute atomic E-state index is 0.0918. The first-order valence-corrected chi connectivity index (χ1v) is 7.09. The second kappa shape index (κ2) is 4.19. The van der Waals surface area contributed by atoms with Crippen LogP contribution in [0.3, 0.4) is 0 Å². The molecule has 1 aromatic carbocycles. The summed E-state index contributed by atoms with van der Waals surface area (Å²) in [6.45, 7) is 0. The Bertz CT molecular complexity index is 723. The summed E-state index contributed by atoms with van der Waals surface area (Å²) in [6.07, 6.45) is 4.81. The predicted molar refractivity (Wildman–Crippen MR) is 73.1 cm³/mol. The van der Waals surface area contributed by atoms with E-state index in [-0.39, 0.29) is 41.2 Å². The summed E-state index contributed by atoms with van der Waals surface area (Å²) in [7, 11) is 0. The molecule has 6 nitrogen and oxygen atoms in total. The van der Waals surface area contributed by atoms with Gasteiger partial charge in [0.2, 0.25) is 11.8 Å². The van der Waals surface area contributed by atoms with E-state index in [1.54, 1.807) is 0 Å². The van der Waals surface area contributed by atoms with Crippen LogP contribution in [-0.4, -0.2) is 22.9 Å². The zero-order chi connectivity index (χ0) is 15.6. The van der Waals surface area contributed by atoms with Gasteiger partial charge in [-0.15, -0.1) is 0 Å². The van der Waals surface area contributed by atoms with Crippen LogP contribution in [-0.2, 0) is 9.59 Å². The van der Waals surface area contributed by atoms with Crippen LogP contribution >= 0.6 is 0 Å². The van der Waals surface area contributed by atoms with E-state index in [1.807, 2.05) is 12.2 Å². The van der Waals surface area contributed by atoms with E-state index in [1.165, 1.54) is 6.07 Å². The van der Waals surface area contributed by atoms with E-state index >= 15 is 0 Å². The molecule has 2 aliphatic carbocycles. The Hall–Kier alpha value is -2.63. The molecule has 2 fully saturated rings. The molecule has 1 aliphatic heterocycles. The van der Waals surface area contributed by atoms with Gasteiger partial charge in [-0.3, -0.25) is 9.59 Å². The normalized spacial score (nSPS) is 31.9. The molecule has 1 aromatic rings. The minimum atomic E-state index is -1.37. The van der Waals surface area contributed by atoms with E-state index < -0.39 is 17.3 Å². The van der Waals surface area contributed by atoms with Crippen LogP contribution in [0.5, 0.6) is 5.75 Å². The maximum Gasteiger partial charge on any atom is 0.335 e. The molecular weight excluding hydrogens is 286 g/mol. The largest absolute Gasteiger partial charge is 0.872 e. The van der Waals surface area contributed by atoms with E-state index in [2.05, 4.69) is 0 Å². The maximum absolute atomic E-state index is 12.6. The Kier molecular flexibility index (Phi) is 2.49. The molecule has 4 rings (SSSR count). The maximum atomic E-state index is 12.6. The summed E-state index contributed by atoms with van der Waals surface area (Å²) in [6, 6.07) is 3.53. The van der Waals surface area contributed by atoms with Gasteiger partial charge in [0.1, 0.15) is 0 Å². The van der Waals surface area contributed by atoms with Crippen molar-refractivity contribution in [2.45, 2.75) is 6.42 Å². The fraction of sp³-hybridized carbons (Fsp3) is 0.312. The van der Waals surface area contributed by atoms with E-state index in [4.69, 9.17) is 5.11 Å². The molecule has 3 aliphatic rings. The van der Waals surface area contributed by atoms with Crippen molar-refractivity contribution >= 4 is 23.5 Å². The first-order valence-electron chi connectivity index (χ1n) is 7.09. The van der Waals surface area contributed by atoms with Gasteiger partial charge in [-0.05, 0) is 30.4 Å². The SMILES string of the molecule is O=C(O)c1cc(N2C(=O)[C@@H]3[C@H](C2=O)[C@H]2C=C[C@H]3C2)ccc1[O-]. The molecule has 2 bridgehead atoms. The number of rotatable bonds is 2. The first-order chi connectivity index (χ1) is 10.5. The average molecular weight is 298 g/mol. The highest BCUT2D eigenvalue weighted by atomic mass is 16.4. The van der Waals surface area contributed by atoms with Crippen LogP contribution in [0.4, 0.5) is 5.69 Å². The van der Waals surface area contributed by atoms with E-state index in [0.29, 0.717) is 0 Å². The van der Waals surface area contributed by atoms with Crippen molar-refractivity contribution in [1.82, 2.24) is 0 Å². The third-order valence-corrected chi connectivity index (χ3v) is 4.92. The second-order valence-electron chi connectivity index (χ2n) is 6.00. The molecule has 0 aromatic heterocycles. The Labute approximate surface area is 125 Å². The molecule has 0 spiro atoms. The predicted octanol–water partition coefficient (Wildman–Crippen LogP) is 0.770. The fourth-order valence-electron chi connectivity index (χ4n) is 3.98. The number of hydrogen-bond donors (Lipinski definition) is 1. The summed E-state index contributed by atoms with van der Waals surface area (Å²) in [5.74, 6) is -3.09. The summed E-state index contributed by atoms with van der Waals surface area (Å²) in [5, 5.41) is 20.5. The number of benzene rings is 1. The number of carboxylic acid groups (broad SMARTS) is 1. The lowest BCUT2D eigenvalue weighted by Crippen LogP contribution is -2.33. The topological polar surface area (TPSA) is 97.7 Å². The van der Waals surface area contributed by atoms with Crippen molar-refractivity contribution in [1.29, 1.82) is 0 Å². The highest BCUT2D eigenvalue weighted by Crippen LogP contribution is 2.53. The molecule has 2 amide bonds. The summed E-state index contributed by atoms with van der Waals surface area (Å²) in [4.78, 5) is 37.3. The van der Waals surface area contributed by atoms with Crippen LogP contribution in [0.2, 0.25) is 0 Å². The molecular formula is C16H12NO5-. The van der Waals surface area contributed by atoms with E-state index in [9.17, 15) is 19.5 Å². The fourth-order valence-corrected chi connectivity index (χ4v) is 3.98. The number of allylic oxidation sites excluding steroid dienone is 2. The summed E-state index contributed by atoms with van der Waals surface area (Å²) >= 11 is 0. The van der Waals surface area contributed by atoms with Gasteiger partial charge in [-0.25, -0.2) is 9.69 Å². The molecule has 1 saturated heterocycles. The number of hydrogen-bond acceptors (Lipinski definition) is 4. The van der Waals surface area contributed by atoms with Gasteiger partial charge in [0.15, 0.2) is 0 Å². The quantitative estimate of drug-likeness (QED) is 0.642. The number of fused-ring (bicyclic) bond motifs is 5. The summed E-state index contributed by atoms with van der Waals surface area (Å²) in [5.41, 5.74) is -0.267. The number of anilines is 1. The van der Waals surface area contributed by atoms with Crippen molar-refractivity contribution in [3.05, 3.63) is 35.9 Å². The molecule has 1 heterocycles. The van der Waals surface area contributed by atoms with Crippen LogP contribution in [0.15, 0.2) is 30.4 Å². The number of amides is 2. The number of carboxylic acids is 1. The molecule has 0 unspecified atom stereocenters. The van der Waals surface area contributed by atoms with Gasteiger partial charge in [0.05, 0.1) is 23.1 Å². The third-order valence-electron chi connectivity index (χ3n) is 4.92. The van der Waals surface area contributed by atoms with Crippen LogP contribution in [0, 0.1) is 23.7 Å². The van der Waals surface area contributed by atoms with Crippen LogP contribution in [0.25, 0.3) is 0 Å². The van der Waals surface area contributed by atoms with Gasteiger partial charge in [0, 0.05) is 0 Å². The van der Waals surface area contributed by atoms with Crippen molar-refractivity contribution < 1.29 is 24.6 Å². The lowest BCUT2D eigenvalue weighted by molar-refractivity contribution is -0.268. The summed E-state index contributed by atoms with van der Waals surface area (Å²) < 4.78 is 0. The van der Waals surface area contributed by atoms with Gasteiger partial charge in [-0.2, -0.15) is 0 Å². The number of nitrogens with zero attached hydrogens (tertiary/aromatic N) is 1. The molecule has 1 saturated carbocycles. The first kappa shape index (κ1) is 13.1. The molecule has 0 radical (unpaired) electrons. The smallest absolute Gasteiger partial charge is 0.335 e. The van der Waals surface area contributed by atoms with Gasteiger partial charge in [0.25, 0.3) is 0 Å². The van der Waals surface area contributed by atoms with Gasteiger partial charge >= 0.3 is 5.97 Å². The molecule has 112 valence electrons. The highest BCUT2D eigenvalue weighted by molar-refractivity contribution is 6.23. The van der Waals surface area contributed by atoms with Crippen LogP contribution in [0.1, 0.15) is 16.8 Å². The van der Waals surface area contributed by atoms with Crippen LogP contribution < -0.4 is 10.0 Å². The minimum Gasteiger partial charge on any atom is -0.872 e. The number of carbonyl (C=O) groups excluding carboxylic acids is 2. The Balaban J connectivity index is 1.76. The number of carbonyl (C=O) groups is 3. The molecule has 6 heteroatoms. The Morgan fingerprint density at radius 1 is 1.14 bits per heavy atom. The number of imide groups is 1. The van der Waals surface area contributed by atoms with Crippen molar-refractivity contribution in [2.75, 3.05) is 4.90 Å². The van der Waals surface area contributed by atoms with E-state index in [0.717, 1.165) is 23.5 Å². The van der Waals surface area contributed by atoms with Crippen molar-refractivity contribution in [3.8, 4) is 5.75 Å². The third kappa shape index (κ3) is 1.52. The Morgan fingerprint density at radius 3 is 2.27 bits per heavy atom. The van der Waals surface area contributed by atoms with Gasteiger partial charge < -0.3 is 10.2 Å². The lowest BCUT2D eigenvalue weighted by atomic mass is 9.85. The second-order valence-corrected chi connectivity index (χ2v) is 6.00. The zero-order valence-electron chi connectivity index (χ0n) is 11.4. The molecule has 1 N–H and O–H groups in total. The lowest BCUT2D eigenvalue weighted by Gasteiger charge is -2.19. The Morgan fingerprint density at radius 2 is 1.73 bits per heavy atom. The monoisotopic (exact) mass is 298 g/mol. The molecule has 4 atom stereocenters. The average Bonchev–Trinajstić information content (AvgIpc) is 3.14. The van der Waals surface area contributed by atoms with Crippen molar-refractivity contribution in [2.24, 2.45) is 23.7 Å². The molecule has 22 heavy (non-hydrogen) atoms. The standard InChI is InChI=1S/C16H13NO5/c18-11-4-3-9(6-10(11)16(21)22)17-14(19)12-7-1-2-8(5-7)13(12)15(17)20/h1-4,6-8,12-13,18H,5H2,(H,21,22)/p-1/t7-,8-,12-,13+/m0/s1. The van der Waals surface area contributed by atoms with Gasteiger partial charge in [-0.1, -0.05) is 24.0 Å². The number of aromatic carboxylic acids is 1. The van der Waals surface area contributed by atoms with Crippen molar-refractivity contribution in [3.63, 3.8) is 0 Å².